The lowest BCUT2D eigenvalue weighted by atomic mass is 10.1. The van der Waals surface area contributed by atoms with Gasteiger partial charge in [-0.1, -0.05) is 6.07 Å². The molecule has 2 aliphatic heterocycles. The molecule has 2 saturated heterocycles. The lowest BCUT2D eigenvalue weighted by Crippen LogP contribution is -2.05. The Morgan fingerprint density at radius 2 is 1.59 bits per heavy atom. The predicted molar refractivity (Wildman–Crippen MR) is 81.0 cm³/mol. The van der Waals surface area contributed by atoms with Crippen LogP contribution in [0.4, 0.5) is 0 Å². The molecule has 0 N–H and O–H groups in total. The number of ether oxygens (including phenoxy) is 5. The highest BCUT2D eigenvalue weighted by Gasteiger charge is 2.24. The Balaban J connectivity index is 1.56. The summed E-state index contributed by atoms with van der Waals surface area (Å²) in [4.78, 5) is 0. The maximum atomic E-state index is 5.78. The molecule has 2 unspecified atom stereocenters. The average molecular weight is 302 g/mol. The quantitative estimate of drug-likeness (QED) is 0.735. The Morgan fingerprint density at radius 1 is 0.909 bits per heavy atom. The maximum Gasteiger partial charge on any atom is 0.161 e. The molecule has 2 aliphatic rings. The van der Waals surface area contributed by atoms with Crippen molar-refractivity contribution in [2.75, 3.05) is 33.5 Å². The molecule has 5 heteroatoms. The van der Waals surface area contributed by atoms with Gasteiger partial charge in [0.1, 0.15) is 31.2 Å². The number of hydrogen-bond acceptors (Lipinski definition) is 5. The zero-order chi connectivity index (χ0) is 14.9. The van der Waals surface area contributed by atoms with Crippen molar-refractivity contribution >= 4 is 10.8 Å². The van der Waals surface area contributed by atoms with E-state index < -0.39 is 0 Å². The monoisotopic (exact) mass is 302 g/mol. The smallest absolute Gasteiger partial charge is 0.161 e. The number of fused-ring (bicyclic) bond motifs is 1. The molecule has 2 fully saturated rings. The van der Waals surface area contributed by atoms with Gasteiger partial charge in [-0.25, -0.2) is 0 Å². The first-order valence-corrected chi connectivity index (χ1v) is 7.42. The van der Waals surface area contributed by atoms with Crippen LogP contribution in [0, 0.1) is 0 Å². The molecule has 0 aliphatic carbocycles. The molecule has 0 bridgehead atoms. The van der Waals surface area contributed by atoms with E-state index in [1.807, 2.05) is 30.3 Å². The van der Waals surface area contributed by atoms with Crippen molar-refractivity contribution in [3.8, 4) is 17.2 Å². The van der Waals surface area contributed by atoms with Gasteiger partial charge in [0.15, 0.2) is 11.5 Å². The predicted octanol–water partition coefficient (Wildman–Crippen LogP) is 2.40. The fraction of sp³-hybridized carbons (Fsp3) is 0.412. The first kappa shape index (κ1) is 13.7. The normalized spacial score (nSPS) is 22.4. The minimum absolute atomic E-state index is 0.223. The summed E-state index contributed by atoms with van der Waals surface area (Å²) in [7, 11) is 1.65. The molecule has 0 saturated carbocycles. The Labute approximate surface area is 128 Å². The molecule has 2 atom stereocenters. The van der Waals surface area contributed by atoms with Gasteiger partial charge in [0.05, 0.1) is 20.3 Å². The second-order valence-electron chi connectivity index (χ2n) is 5.54. The van der Waals surface area contributed by atoms with E-state index >= 15 is 0 Å². The van der Waals surface area contributed by atoms with Crippen molar-refractivity contribution in [2.24, 2.45) is 0 Å². The number of epoxide rings is 2. The van der Waals surface area contributed by atoms with Crippen LogP contribution in [0.5, 0.6) is 17.2 Å². The number of hydrogen-bond donors (Lipinski definition) is 0. The van der Waals surface area contributed by atoms with Gasteiger partial charge in [-0.15, -0.1) is 0 Å². The average Bonchev–Trinajstić information content (AvgIpc) is 3.44. The summed E-state index contributed by atoms with van der Waals surface area (Å²) >= 11 is 0. The Morgan fingerprint density at radius 3 is 2.27 bits per heavy atom. The van der Waals surface area contributed by atoms with Crippen LogP contribution in [0.15, 0.2) is 30.3 Å². The molecule has 0 spiro atoms. The zero-order valence-corrected chi connectivity index (χ0v) is 12.4. The largest absolute Gasteiger partial charge is 0.493 e. The van der Waals surface area contributed by atoms with Crippen LogP contribution < -0.4 is 14.2 Å². The lowest BCUT2D eigenvalue weighted by molar-refractivity contribution is 0.252. The molecule has 4 rings (SSSR count). The van der Waals surface area contributed by atoms with Crippen LogP contribution in [-0.2, 0) is 9.47 Å². The topological polar surface area (TPSA) is 52.8 Å². The summed E-state index contributed by atoms with van der Waals surface area (Å²) in [6.45, 7) is 2.74. The summed E-state index contributed by atoms with van der Waals surface area (Å²) in [5.41, 5.74) is 0. The van der Waals surface area contributed by atoms with Gasteiger partial charge in [0.25, 0.3) is 0 Å². The summed E-state index contributed by atoms with van der Waals surface area (Å²) in [6, 6.07) is 9.96. The van der Waals surface area contributed by atoms with Gasteiger partial charge in [-0.2, -0.15) is 0 Å². The van der Waals surface area contributed by atoms with Gasteiger partial charge in [0.2, 0.25) is 0 Å². The lowest BCUT2D eigenvalue weighted by Gasteiger charge is -2.12. The fourth-order valence-corrected chi connectivity index (χ4v) is 2.30. The molecule has 2 aromatic carbocycles. The highest BCUT2D eigenvalue weighted by Crippen LogP contribution is 2.34. The Bertz CT molecular complexity index is 676. The fourth-order valence-electron chi connectivity index (χ4n) is 2.30. The minimum Gasteiger partial charge on any atom is -0.493 e. The van der Waals surface area contributed by atoms with E-state index in [9.17, 15) is 0 Å². The molecule has 5 nitrogen and oxygen atoms in total. The molecule has 0 aromatic heterocycles. The molecule has 0 radical (unpaired) electrons. The second-order valence-corrected chi connectivity index (χ2v) is 5.54. The van der Waals surface area contributed by atoms with E-state index in [1.165, 1.54) is 0 Å². The van der Waals surface area contributed by atoms with E-state index in [-0.39, 0.29) is 12.2 Å². The van der Waals surface area contributed by atoms with Gasteiger partial charge in [0, 0.05) is 0 Å². The number of benzene rings is 2. The maximum absolute atomic E-state index is 5.78. The van der Waals surface area contributed by atoms with Gasteiger partial charge in [-0.05, 0) is 35.0 Å². The van der Waals surface area contributed by atoms with Crippen molar-refractivity contribution in [3.63, 3.8) is 0 Å². The highest BCUT2D eigenvalue weighted by molar-refractivity contribution is 5.87. The Kier molecular flexibility index (Phi) is 3.52. The summed E-state index contributed by atoms with van der Waals surface area (Å²) < 4.78 is 27.2. The first-order chi connectivity index (χ1) is 10.8. The molecule has 22 heavy (non-hydrogen) atoms. The number of methoxy groups -OCH3 is 1. The van der Waals surface area contributed by atoms with Crippen LogP contribution >= 0.6 is 0 Å². The van der Waals surface area contributed by atoms with E-state index in [2.05, 4.69) is 0 Å². The van der Waals surface area contributed by atoms with E-state index in [1.54, 1.807) is 7.11 Å². The van der Waals surface area contributed by atoms with E-state index in [4.69, 9.17) is 23.7 Å². The molecule has 2 aromatic rings. The van der Waals surface area contributed by atoms with E-state index in [0.29, 0.717) is 13.2 Å². The van der Waals surface area contributed by atoms with Crippen LogP contribution in [0.2, 0.25) is 0 Å². The zero-order valence-electron chi connectivity index (χ0n) is 12.4. The van der Waals surface area contributed by atoms with Gasteiger partial charge >= 0.3 is 0 Å². The molecule has 116 valence electrons. The summed E-state index contributed by atoms with van der Waals surface area (Å²) in [6.07, 6.45) is 0.478. The minimum atomic E-state index is 0.223. The third-order valence-corrected chi connectivity index (χ3v) is 3.76. The van der Waals surface area contributed by atoms with Crippen molar-refractivity contribution in [2.45, 2.75) is 12.2 Å². The first-order valence-electron chi connectivity index (χ1n) is 7.42. The third kappa shape index (κ3) is 3.10. The second kappa shape index (κ2) is 5.66. The van der Waals surface area contributed by atoms with Gasteiger partial charge in [-0.3, -0.25) is 0 Å². The third-order valence-electron chi connectivity index (χ3n) is 3.76. The summed E-state index contributed by atoms with van der Waals surface area (Å²) in [5, 5.41) is 2.14. The van der Waals surface area contributed by atoms with E-state index in [0.717, 1.165) is 41.2 Å². The van der Waals surface area contributed by atoms with Gasteiger partial charge < -0.3 is 23.7 Å². The molecule has 0 amide bonds. The molecule has 2 heterocycles. The van der Waals surface area contributed by atoms with Crippen LogP contribution in [0.3, 0.4) is 0 Å². The SMILES string of the molecule is COc1cc2cc(OCC3CO3)ccc2cc1OCC1CO1. The molecular weight excluding hydrogens is 284 g/mol. The van der Waals surface area contributed by atoms with Crippen molar-refractivity contribution < 1.29 is 23.7 Å². The van der Waals surface area contributed by atoms with Crippen LogP contribution in [0.25, 0.3) is 10.8 Å². The molecular formula is C17H18O5. The Hall–Kier alpha value is -1.98. The standard InChI is InChI=1S/C17H18O5/c1-18-16-6-12-4-13(19-7-14-8-20-14)3-2-11(12)5-17(16)22-10-15-9-21-15/h2-6,14-15H,7-10H2,1H3. The van der Waals surface area contributed by atoms with Crippen molar-refractivity contribution in [1.29, 1.82) is 0 Å². The van der Waals surface area contributed by atoms with Crippen LogP contribution in [0.1, 0.15) is 0 Å². The van der Waals surface area contributed by atoms with Crippen LogP contribution in [-0.4, -0.2) is 45.7 Å². The summed E-state index contributed by atoms with van der Waals surface area (Å²) in [5.74, 6) is 2.30. The number of rotatable bonds is 7. The van der Waals surface area contributed by atoms with Crippen molar-refractivity contribution in [1.82, 2.24) is 0 Å². The highest BCUT2D eigenvalue weighted by atomic mass is 16.6. The van der Waals surface area contributed by atoms with Crippen molar-refractivity contribution in [3.05, 3.63) is 30.3 Å².